The van der Waals surface area contributed by atoms with Gasteiger partial charge in [-0.05, 0) is 82.9 Å². The lowest BCUT2D eigenvalue weighted by Gasteiger charge is -2.31. The highest BCUT2D eigenvalue weighted by atomic mass is 16.5. The lowest BCUT2D eigenvalue weighted by molar-refractivity contribution is 0.0725. The zero-order valence-corrected chi connectivity index (χ0v) is 25.3. The smallest absolute Gasteiger partial charge is 0.343 e. The van der Waals surface area contributed by atoms with Gasteiger partial charge in [0, 0.05) is 22.2 Å². The number of esters is 2. The van der Waals surface area contributed by atoms with Crippen molar-refractivity contribution >= 4 is 23.3 Å². The Labute approximate surface area is 258 Å². The molecule has 5 aromatic rings. The summed E-state index contributed by atoms with van der Waals surface area (Å²) in [5.41, 5.74) is 17.3. The third kappa shape index (κ3) is 6.50. The van der Waals surface area contributed by atoms with E-state index in [1.807, 2.05) is 48.5 Å². The summed E-state index contributed by atoms with van der Waals surface area (Å²) in [7, 11) is 0. The van der Waals surface area contributed by atoms with Crippen LogP contribution in [0.25, 0.3) is 0 Å². The molecule has 0 heterocycles. The number of hydrogen-bond acceptors (Lipinski definition) is 6. The van der Waals surface area contributed by atoms with Crippen molar-refractivity contribution in [2.75, 3.05) is 11.5 Å². The predicted molar refractivity (Wildman–Crippen MR) is 175 cm³/mol. The normalized spacial score (nSPS) is 11.5. The van der Waals surface area contributed by atoms with Gasteiger partial charge in [-0.15, -0.1) is 0 Å². The van der Waals surface area contributed by atoms with Gasteiger partial charge in [-0.2, -0.15) is 0 Å². The molecule has 0 unspecified atom stereocenters. The maximum Gasteiger partial charge on any atom is 0.343 e. The molecule has 0 aliphatic rings. The molecular weight excluding hydrogens is 548 g/mol. The second-order valence-corrected chi connectivity index (χ2v) is 11.9. The van der Waals surface area contributed by atoms with E-state index in [4.69, 9.17) is 20.9 Å². The molecule has 0 fully saturated rings. The standard InChI is InChI=1S/C38H36N2O4/c1-37(2,27-14-18-33(19-15-27)43-35(41)25-8-5-12-31(39)22-25)29-10-7-11-30(24-29)38(3,4)28-16-20-34(21-17-28)44-36(42)26-9-6-13-32(40)23-26/h5-24H,39-40H2,1-4H3. The van der Waals surface area contributed by atoms with Gasteiger partial charge < -0.3 is 20.9 Å². The first-order chi connectivity index (χ1) is 20.9. The fourth-order valence-corrected chi connectivity index (χ4v) is 5.17. The Morgan fingerprint density at radius 1 is 0.477 bits per heavy atom. The Balaban J connectivity index is 1.31. The van der Waals surface area contributed by atoms with Crippen LogP contribution in [0.4, 0.5) is 11.4 Å². The van der Waals surface area contributed by atoms with Crippen LogP contribution in [-0.4, -0.2) is 11.9 Å². The first-order valence-corrected chi connectivity index (χ1v) is 14.4. The average molecular weight is 585 g/mol. The number of carbonyl (C=O) groups excluding carboxylic acids is 2. The molecule has 0 aliphatic carbocycles. The molecule has 222 valence electrons. The molecule has 5 rings (SSSR count). The van der Waals surface area contributed by atoms with Crippen molar-refractivity contribution in [3.63, 3.8) is 0 Å². The fraction of sp³-hybridized carbons (Fsp3) is 0.158. The zero-order valence-electron chi connectivity index (χ0n) is 25.3. The van der Waals surface area contributed by atoms with Gasteiger partial charge in [0.25, 0.3) is 0 Å². The highest BCUT2D eigenvalue weighted by Crippen LogP contribution is 2.38. The molecule has 0 radical (unpaired) electrons. The van der Waals surface area contributed by atoms with Crippen LogP contribution in [0.15, 0.2) is 121 Å². The summed E-state index contributed by atoms with van der Waals surface area (Å²) in [4.78, 5) is 25.1. The monoisotopic (exact) mass is 584 g/mol. The van der Waals surface area contributed by atoms with Crippen molar-refractivity contribution in [1.29, 1.82) is 0 Å². The van der Waals surface area contributed by atoms with E-state index in [9.17, 15) is 9.59 Å². The minimum atomic E-state index is -0.452. The Morgan fingerprint density at radius 3 is 1.20 bits per heavy atom. The molecule has 6 heteroatoms. The van der Waals surface area contributed by atoms with Crippen LogP contribution in [-0.2, 0) is 10.8 Å². The third-order valence-electron chi connectivity index (χ3n) is 8.12. The molecule has 0 aromatic heterocycles. The highest BCUT2D eigenvalue weighted by molar-refractivity contribution is 5.92. The number of benzene rings is 5. The molecule has 0 spiro atoms. The molecule has 0 saturated heterocycles. The van der Waals surface area contributed by atoms with E-state index in [0.29, 0.717) is 34.0 Å². The Kier molecular flexibility index (Phi) is 8.28. The number of nitrogens with two attached hydrogens (primary N) is 2. The van der Waals surface area contributed by atoms with E-state index in [-0.39, 0.29) is 10.8 Å². The molecule has 0 saturated carbocycles. The van der Waals surface area contributed by atoms with Gasteiger partial charge in [0.15, 0.2) is 0 Å². The number of rotatable bonds is 8. The van der Waals surface area contributed by atoms with Crippen molar-refractivity contribution in [1.82, 2.24) is 0 Å². The summed E-state index contributed by atoms with van der Waals surface area (Å²) in [6.07, 6.45) is 0. The van der Waals surface area contributed by atoms with Gasteiger partial charge in [-0.25, -0.2) is 9.59 Å². The third-order valence-corrected chi connectivity index (χ3v) is 8.12. The fourth-order valence-electron chi connectivity index (χ4n) is 5.17. The summed E-state index contributed by atoms with van der Waals surface area (Å²) in [5, 5.41) is 0. The van der Waals surface area contributed by atoms with Crippen LogP contribution in [0.5, 0.6) is 11.5 Å². The lowest BCUT2D eigenvalue weighted by atomic mass is 9.73. The molecule has 0 atom stereocenters. The van der Waals surface area contributed by atoms with E-state index >= 15 is 0 Å². The summed E-state index contributed by atoms with van der Waals surface area (Å²) < 4.78 is 11.1. The van der Waals surface area contributed by atoms with E-state index in [0.717, 1.165) is 22.3 Å². The summed E-state index contributed by atoms with van der Waals surface area (Å²) in [5.74, 6) is 0.0291. The van der Waals surface area contributed by atoms with Gasteiger partial charge in [0.1, 0.15) is 11.5 Å². The second kappa shape index (κ2) is 12.1. The van der Waals surface area contributed by atoms with Crippen molar-refractivity contribution in [2.45, 2.75) is 38.5 Å². The van der Waals surface area contributed by atoms with Crippen LogP contribution in [0.2, 0.25) is 0 Å². The maximum atomic E-state index is 12.5. The van der Waals surface area contributed by atoms with Crippen molar-refractivity contribution in [2.24, 2.45) is 0 Å². The van der Waals surface area contributed by atoms with Crippen LogP contribution >= 0.6 is 0 Å². The van der Waals surface area contributed by atoms with E-state index in [1.54, 1.807) is 48.5 Å². The van der Waals surface area contributed by atoms with Gasteiger partial charge >= 0.3 is 11.9 Å². The second-order valence-electron chi connectivity index (χ2n) is 11.9. The largest absolute Gasteiger partial charge is 0.423 e. The van der Waals surface area contributed by atoms with E-state index in [2.05, 4.69) is 52.0 Å². The highest BCUT2D eigenvalue weighted by Gasteiger charge is 2.28. The number of ether oxygens (including phenoxy) is 2. The number of anilines is 2. The number of hydrogen-bond donors (Lipinski definition) is 2. The first-order valence-electron chi connectivity index (χ1n) is 14.4. The summed E-state index contributed by atoms with van der Waals surface area (Å²) in [6.45, 7) is 8.71. The molecule has 4 N–H and O–H groups in total. The SMILES string of the molecule is CC(C)(c1ccc(OC(=O)c2cccc(N)c2)cc1)c1cccc(C(C)(C)c2ccc(OC(=O)c3cccc(N)c3)cc2)c1. The van der Waals surface area contributed by atoms with Gasteiger partial charge in [0.2, 0.25) is 0 Å². The number of nitrogen functional groups attached to an aromatic ring is 2. The molecule has 44 heavy (non-hydrogen) atoms. The first kappa shape index (κ1) is 30.1. The predicted octanol–water partition coefficient (Wildman–Crippen LogP) is 7.94. The molecule has 0 bridgehead atoms. The topological polar surface area (TPSA) is 105 Å². The molecule has 0 amide bonds. The Bertz CT molecular complexity index is 1680. The molecule has 6 nitrogen and oxygen atoms in total. The zero-order chi connectivity index (χ0) is 31.5. The Hall–Kier alpha value is -5.36. The average Bonchev–Trinajstić information content (AvgIpc) is 3.01. The molecular formula is C38H36N2O4. The maximum absolute atomic E-state index is 12.5. The van der Waals surface area contributed by atoms with Gasteiger partial charge in [0.05, 0.1) is 11.1 Å². The van der Waals surface area contributed by atoms with Gasteiger partial charge in [-0.1, -0.05) is 88.4 Å². The van der Waals surface area contributed by atoms with Crippen molar-refractivity contribution in [3.05, 3.63) is 155 Å². The van der Waals surface area contributed by atoms with Crippen LogP contribution in [0.3, 0.4) is 0 Å². The van der Waals surface area contributed by atoms with E-state index < -0.39 is 11.9 Å². The molecule has 0 aliphatic heterocycles. The van der Waals surface area contributed by atoms with Crippen LogP contribution < -0.4 is 20.9 Å². The van der Waals surface area contributed by atoms with E-state index in [1.165, 1.54) is 0 Å². The summed E-state index contributed by atoms with van der Waals surface area (Å²) in [6, 6.07) is 37.3. The Morgan fingerprint density at radius 2 is 0.841 bits per heavy atom. The number of carbonyl (C=O) groups is 2. The molecule has 5 aromatic carbocycles. The minimum absolute atomic E-state index is 0.318. The van der Waals surface area contributed by atoms with Gasteiger partial charge in [-0.3, -0.25) is 0 Å². The van der Waals surface area contributed by atoms with Crippen LogP contribution in [0.1, 0.15) is 70.7 Å². The minimum Gasteiger partial charge on any atom is -0.423 e. The van der Waals surface area contributed by atoms with Crippen LogP contribution in [0, 0.1) is 0 Å². The lowest BCUT2D eigenvalue weighted by Crippen LogP contribution is -2.23. The van der Waals surface area contributed by atoms with Crippen molar-refractivity contribution < 1.29 is 19.1 Å². The summed E-state index contributed by atoms with van der Waals surface area (Å²) >= 11 is 0. The quantitative estimate of drug-likeness (QED) is 0.109. The van der Waals surface area contributed by atoms with Crippen molar-refractivity contribution in [3.8, 4) is 11.5 Å².